The number of hydrogen-bond acceptors (Lipinski definition) is 5. The van der Waals surface area contributed by atoms with Crippen LogP contribution in [-0.2, 0) is 0 Å². The van der Waals surface area contributed by atoms with Gasteiger partial charge in [-0.2, -0.15) is 10.2 Å². The Morgan fingerprint density at radius 3 is 2.65 bits per heavy atom. The van der Waals surface area contributed by atoms with E-state index < -0.39 is 0 Å². The Labute approximate surface area is 180 Å². The van der Waals surface area contributed by atoms with Crippen LogP contribution in [0.3, 0.4) is 0 Å². The van der Waals surface area contributed by atoms with E-state index in [-0.39, 0.29) is 5.91 Å². The standard InChI is InChI=1S/C23H25N7O/c1-15-3-5-18(6-4-15)30-21(11-20(28-30)17-7-9-24-10-8-17)27-23(31)19-13-26-29-14-16(2)12-25-22(19)29/h3-6,11-14,17,24H,7-10H2,1-2H3,(H,27,31). The first-order chi connectivity index (χ1) is 15.1. The number of benzene rings is 1. The topological polar surface area (TPSA) is 89.1 Å². The Morgan fingerprint density at radius 1 is 1.10 bits per heavy atom. The fourth-order valence-electron chi connectivity index (χ4n) is 4.00. The highest BCUT2D eigenvalue weighted by atomic mass is 16.1. The van der Waals surface area contributed by atoms with E-state index in [1.54, 1.807) is 16.9 Å². The highest BCUT2D eigenvalue weighted by Gasteiger charge is 2.22. The maximum atomic E-state index is 13.1. The van der Waals surface area contributed by atoms with E-state index in [1.165, 1.54) is 5.56 Å². The van der Waals surface area contributed by atoms with E-state index >= 15 is 0 Å². The maximum Gasteiger partial charge on any atom is 0.262 e. The van der Waals surface area contributed by atoms with E-state index in [0.29, 0.717) is 22.9 Å². The minimum Gasteiger partial charge on any atom is -0.317 e. The molecule has 0 atom stereocenters. The lowest BCUT2D eigenvalue weighted by Crippen LogP contribution is -2.26. The highest BCUT2D eigenvalue weighted by molar-refractivity contribution is 6.07. The lowest BCUT2D eigenvalue weighted by atomic mass is 9.95. The van der Waals surface area contributed by atoms with Gasteiger partial charge in [0, 0.05) is 24.4 Å². The Balaban J connectivity index is 1.51. The number of piperidine rings is 1. The van der Waals surface area contributed by atoms with Crippen LogP contribution in [0.15, 0.2) is 48.9 Å². The molecule has 8 heteroatoms. The fourth-order valence-corrected chi connectivity index (χ4v) is 4.00. The van der Waals surface area contributed by atoms with Gasteiger partial charge in [-0.1, -0.05) is 17.7 Å². The molecule has 0 spiro atoms. The number of carbonyl (C=O) groups is 1. The first kappa shape index (κ1) is 19.4. The average molecular weight is 416 g/mol. The van der Waals surface area contributed by atoms with Crippen molar-refractivity contribution in [1.82, 2.24) is 29.7 Å². The van der Waals surface area contributed by atoms with Crippen LogP contribution in [0.1, 0.15) is 45.9 Å². The summed E-state index contributed by atoms with van der Waals surface area (Å²) in [7, 11) is 0. The molecular formula is C23H25N7O. The molecule has 0 saturated carbocycles. The third kappa shape index (κ3) is 3.82. The number of rotatable bonds is 4. The summed E-state index contributed by atoms with van der Waals surface area (Å²) in [6.07, 6.45) is 7.22. The second kappa shape index (κ2) is 7.96. The van der Waals surface area contributed by atoms with Gasteiger partial charge in [-0.25, -0.2) is 14.2 Å². The number of hydrogen-bond donors (Lipinski definition) is 2. The van der Waals surface area contributed by atoms with Crippen LogP contribution in [0.4, 0.5) is 5.82 Å². The van der Waals surface area contributed by atoms with Gasteiger partial charge in [0.2, 0.25) is 0 Å². The Hall–Kier alpha value is -3.52. The third-order valence-corrected chi connectivity index (χ3v) is 5.74. The molecule has 0 aliphatic carbocycles. The molecule has 31 heavy (non-hydrogen) atoms. The van der Waals surface area contributed by atoms with Crippen molar-refractivity contribution in [3.8, 4) is 5.69 Å². The molecule has 3 aromatic heterocycles. The number of amides is 1. The van der Waals surface area contributed by atoms with Crippen molar-refractivity contribution in [3.63, 3.8) is 0 Å². The summed E-state index contributed by atoms with van der Waals surface area (Å²) in [6, 6.07) is 10.1. The first-order valence-electron chi connectivity index (χ1n) is 10.6. The van der Waals surface area contributed by atoms with Crippen LogP contribution in [-0.4, -0.2) is 43.4 Å². The van der Waals surface area contributed by atoms with E-state index in [0.717, 1.165) is 42.9 Å². The van der Waals surface area contributed by atoms with Crippen molar-refractivity contribution in [1.29, 1.82) is 0 Å². The van der Waals surface area contributed by atoms with Crippen molar-refractivity contribution in [2.24, 2.45) is 0 Å². The van der Waals surface area contributed by atoms with Crippen LogP contribution < -0.4 is 10.6 Å². The monoisotopic (exact) mass is 415 g/mol. The molecule has 158 valence electrons. The normalized spacial score (nSPS) is 14.8. The zero-order valence-corrected chi connectivity index (χ0v) is 17.7. The maximum absolute atomic E-state index is 13.1. The number of carbonyl (C=O) groups excluding carboxylic acids is 1. The van der Waals surface area contributed by atoms with Gasteiger partial charge in [0.05, 0.1) is 17.6 Å². The molecule has 4 aromatic rings. The molecule has 8 nitrogen and oxygen atoms in total. The Kier molecular flexibility index (Phi) is 4.99. The molecule has 0 bridgehead atoms. The van der Waals surface area contributed by atoms with Crippen molar-refractivity contribution < 1.29 is 4.79 Å². The van der Waals surface area contributed by atoms with Gasteiger partial charge in [-0.3, -0.25) is 4.79 Å². The molecule has 4 heterocycles. The lowest BCUT2D eigenvalue weighted by molar-refractivity contribution is 0.102. The second-order valence-corrected chi connectivity index (χ2v) is 8.14. The SMILES string of the molecule is Cc1ccc(-n2nc(C3CCNCC3)cc2NC(=O)c2cnn3cc(C)cnc23)cc1. The average Bonchev–Trinajstić information content (AvgIpc) is 3.39. The predicted molar refractivity (Wildman–Crippen MR) is 119 cm³/mol. The summed E-state index contributed by atoms with van der Waals surface area (Å²) < 4.78 is 3.44. The van der Waals surface area contributed by atoms with Crippen molar-refractivity contribution in [2.75, 3.05) is 18.4 Å². The quantitative estimate of drug-likeness (QED) is 0.534. The van der Waals surface area contributed by atoms with Crippen LogP contribution in [0.25, 0.3) is 11.3 Å². The Bertz CT molecular complexity index is 1230. The number of anilines is 1. The number of nitrogens with zero attached hydrogens (tertiary/aromatic N) is 5. The van der Waals surface area contributed by atoms with E-state index in [4.69, 9.17) is 5.10 Å². The molecule has 1 aromatic carbocycles. The van der Waals surface area contributed by atoms with E-state index in [2.05, 4.69) is 27.6 Å². The molecule has 5 rings (SSSR count). The summed E-state index contributed by atoms with van der Waals surface area (Å²) in [4.78, 5) is 17.5. The van der Waals surface area contributed by atoms with E-state index in [1.807, 2.05) is 48.1 Å². The molecule has 0 unspecified atom stereocenters. The molecule has 1 fully saturated rings. The largest absolute Gasteiger partial charge is 0.317 e. The third-order valence-electron chi connectivity index (χ3n) is 5.74. The van der Waals surface area contributed by atoms with Crippen LogP contribution >= 0.6 is 0 Å². The number of aromatic nitrogens is 5. The zero-order valence-electron chi connectivity index (χ0n) is 17.7. The molecule has 2 N–H and O–H groups in total. The summed E-state index contributed by atoms with van der Waals surface area (Å²) in [5, 5.41) is 15.6. The smallest absolute Gasteiger partial charge is 0.262 e. The molecule has 0 radical (unpaired) electrons. The van der Waals surface area contributed by atoms with Crippen molar-refractivity contribution in [2.45, 2.75) is 32.6 Å². The highest BCUT2D eigenvalue weighted by Crippen LogP contribution is 2.28. The second-order valence-electron chi connectivity index (χ2n) is 8.14. The summed E-state index contributed by atoms with van der Waals surface area (Å²) in [6.45, 7) is 5.96. The van der Waals surface area contributed by atoms with Crippen LogP contribution in [0.5, 0.6) is 0 Å². The Morgan fingerprint density at radius 2 is 1.87 bits per heavy atom. The van der Waals surface area contributed by atoms with Gasteiger partial charge in [-0.05, 0) is 57.5 Å². The van der Waals surface area contributed by atoms with Gasteiger partial charge in [0.25, 0.3) is 5.91 Å². The fraction of sp³-hybridized carbons (Fsp3) is 0.304. The van der Waals surface area contributed by atoms with Gasteiger partial charge < -0.3 is 10.6 Å². The van der Waals surface area contributed by atoms with Crippen LogP contribution in [0.2, 0.25) is 0 Å². The molecular weight excluding hydrogens is 390 g/mol. The molecule has 1 amide bonds. The minimum absolute atomic E-state index is 0.253. The van der Waals surface area contributed by atoms with Gasteiger partial charge in [0.1, 0.15) is 11.4 Å². The van der Waals surface area contributed by atoms with Crippen molar-refractivity contribution >= 4 is 17.4 Å². The van der Waals surface area contributed by atoms with E-state index in [9.17, 15) is 4.79 Å². The summed E-state index contributed by atoms with van der Waals surface area (Å²) >= 11 is 0. The summed E-state index contributed by atoms with van der Waals surface area (Å²) in [5.41, 5.74) is 5.03. The molecule has 1 aliphatic heterocycles. The molecule has 1 aliphatic rings. The van der Waals surface area contributed by atoms with Crippen molar-refractivity contribution in [3.05, 3.63) is 71.3 Å². The lowest BCUT2D eigenvalue weighted by Gasteiger charge is -2.20. The number of fused-ring (bicyclic) bond motifs is 1. The zero-order chi connectivity index (χ0) is 21.4. The minimum atomic E-state index is -0.253. The van der Waals surface area contributed by atoms with Crippen LogP contribution in [0, 0.1) is 13.8 Å². The summed E-state index contributed by atoms with van der Waals surface area (Å²) in [5.74, 6) is 0.774. The van der Waals surface area contributed by atoms with Gasteiger partial charge in [0.15, 0.2) is 5.65 Å². The number of nitrogens with one attached hydrogen (secondary N) is 2. The molecule has 1 saturated heterocycles. The number of aryl methyl sites for hydroxylation is 2. The van der Waals surface area contributed by atoms with Gasteiger partial charge in [-0.15, -0.1) is 0 Å². The predicted octanol–water partition coefficient (Wildman–Crippen LogP) is 3.25. The first-order valence-corrected chi connectivity index (χ1v) is 10.6. The van der Waals surface area contributed by atoms with Gasteiger partial charge >= 0.3 is 0 Å².